The number of aromatic amines is 1. The molecule has 0 aliphatic carbocycles. The molecule has 3 aromatic rings. The van der Waals surface area contributed by atoms with E-state index >= 15 is 0 Å². The number of aromatic nitrogens is 2. The number of likely N-dealkylation sites (tertiary alicyclic amines) is 1. The fourth-order valence-electron chi connectivity index (χ4n) is 3.98. The molecule has 2 amide bonds. The number of piperidine rings is 1. The zero-order valence-corrected chi connectivity index (χ0v) is 16.7. The Morgan fingerprint density at radius 3 is 2.69 bits per heavy atom. The van der Waals surface area contributed by atoms with Gasteiger partial charge in [-0.25, -0.2) is 4.98 Å². The van der Waals surface area contributed by atoms with Crippen molar-refractivity contribution in [2.75, 3.05) is 20.1 Å². The number of amides is 2. The standard InChI is InChI=1S/C23H26N4O2/c1-26(16-21-24-19-11-5-6-12-20(19)25-21)23(29)18-10-7-13-27(15-18)22(28)14-17-8-3-2-4-9-17/h2-6,8-9,11-12,18H,7,10,13-16H2,1H3,(H,24,25). The number of imidazole rings is 1. The van der Waals surface area contributed by atoms with E-state index in [9.17, 15) is 9.59 Å². The van der Waals surface area contributed by atoms with E-state index in [1.807, 2.05) is 59.5 Å². The molecule has 1 aliphatic heterocycles. The fraction of sp³-hybridized carbons (Fsp3) is 0.348. The Balaban J connectivity index is 1.36. The molecule has 2 heterocycles. The van der Waals surface area contributed by atoms with E-state index in [4.69, 9.17) is 0 Å². The lowest BCUT2D eigenvalue weighted by Gasteiger charge is -2.34. The van der Waals surface area contributed by atoms with Crippen LogP contribution >= 0.6 is 0 Å². The van der Waals surface area contributed by atoms with Crippen LogP contribution in [0.2, 0.25) is 0 Å². The molecule has 1 fully saturated rings. The molecule has 1 aromatic heterocycles. The van der Waals surface area contributed by atoms with E-state index < -0.39 is 0 Å². The molecular weight excluding hydrogens is 364 g/mol. The molecule has 1 unspecified atom stereocenters. The second kappa shape index (κ2) is 8.47. The van der Waals surface area contributed by atoms with Crippen molar-refractivity contribution >= 4 is 22.8 Å². The SMILES string of the molecule is CN(Cc1nc2ccccc2[nH]1)C(=O)C1CCCN(C(=O)Cc2ccccc2)C1. The highest BCUT2D eigenvalue weighted by Crippen LogP contribution is 2.20. The summed E-state index contributed by atoms with van der Waals surface area (Å²) in [5.41, 5.74) is 2.88. The van der Waals surface area contributed by atoms with Crippen LogP contribution < -0.4 is 0 Å². The maximum Gasteiger partial charge on any atom is 0.227 e. The van der Waals surface area contributed by atoms with Crippen LogP contribution in [0.1, 0.15) is 24.2 Å². The Bertz CT molecular complexity index is 965. The first-order chi connectivity index (χ1) is 14.1. The number of hydrogen-bond acceptors (Lipinski definition) is 3. The van der Waals surface area contributed by atoms with Gasteiger partial charge in [0, 0.05) is 20.1 Å². The summed E-state index contributed by atoms with van der Waals surface area (Å²) in [6.45, 7) is 1.65. The summed E-state index contributed by atoms with van der Waals surface area (Å²) in [6, 6.07) is 17.6. The third kappa shape index (κ3) is 4.47. The Labute approximate surface area is 170 Å². The van der Waals surface area contributed by atoms with Gasteiger partial charge in [0.1, 0.15) is 5.82 Å². The van der Waals surface area contributed by atoms with Gasteiger partial charge in [0.25, 0.3) is 0 Å². The number of benzene rings is 2. The predicted molar refractivity (Wildman–Crippen MR) is 112 cm³/mol. The predicted octanol–water partition coefficient (Wildman–Crippen LogP) is 3.00. The molecule has 4 rings (SSSR count). The van der Waals surface area contributed by atoms with Crippen molar-refractivity contribution in [2.45, 2.75) is 25.8 Å². The summed E-state index contributed by atoms with van der Waals surface area (Å²) in [6.07, 6.45) is 2.06. The van der Waals surface area contributed by atoms with Crippen LogP contribution in [0.4, 0.5) is 0 Å². The smallest absolute Gasteiger partial charge is 0.227 e. The summed E-state index contributed by atoms with van der Waals surface area (Å²) >= 11 is 0. The molecule has 1 saturated heterocycles. The maximum atomic E-state index is 13.0. The molecule has 29 heavy (non-hydrogen) atoms. The Kier molecular flexibility index (Phi) is 5.60. The second-order valence-corrected chi connectivity index (χ2v) is 7.74. The van der Waals surface area contributed by atoms with Crippen LogP contribution in [0.5, 0.6) is 0 Å². The van der Waals surface area contributed by atoms with Gasteiger partial charge >= 0.3 is 0 Å². The minimum absolute atomic E-state index is 0.0719. The Morgan fingerprint density at radius 2 is 1.90 bits per heavy atom. The number of nitrogens with one attached hydrogen (secondary N) is 1. The Morgan fingerprint density at radius 1 is 1.14 bits per heavy atom. The highest BCUT2D eigenvalue weighted by atomic mass is 16.2. The first kappa shape index (κ1) is 19.2. The number of hydrogen-bond donors (Lipinski definition) is 1. The minimum atomic E-state index is -0.155. The van der Waals surface area contributed by atoms with Gasteiger partial charge < -0.3 is 14.8 Å². The lowest BCUT2D eigenvalue weighted by molar-refractivity contribution is -0.140. The molecule has 2 aromatic carbocycles. The number of para-hydroxylation sites is 2. The Hall–Kier alpha value is -3.15. The number of fused-ring (bicyclic) bond motifs is 1. The van der Waals surface area contributed by atoms with E-state index in [0.29, 0.717) is 19.5 Å². The normalized spacial score (nSPS) is 16.7. The van der Waals surface area contributed by atoms with E-state index in [1.54, 1.807) is 11.9 Å². The summed E-state index contributed by atoms with van der Waals surface area (Å²) in [4.78, 5) is 37.1. The molecule has 0 radical (unpaired) electrons. The van der Waals surface area contributed by atoms with E-state index in [2.05, 4.69) is 9.97 Å². The van der Waals surface area contributed by atoms with Gasteiger partial charge in [-0.05, 0) is 30.5 Å². The topological polar surface area (TPSA) is 69.3 Å². The molecule has 0 bridgehead atoms. The fourth-order valence-corrected chi connectivity index (χ4v) is 3.98. The molecule has 150 valence electrons. The molecule has 1 aliphatic rings. The molecular formula is C23H26N4O2. The van der Waals surface area contributed by atoms with Crippen LogP contribution in [-0.2, 0) is 22.6 Å². The van der Waals surface area contributed by atoms with Crippen LogP contribution in [0, 0.1) is 5.92 Å². The molecule has 0 spiro atoms. The molecule has 6 heteroatoms. The van der Waals surface area contributed by atoms with Crippen molar-refractivity contribution in [3.63, 3.8) is 0 Å². The summed E-state index contributed by atoms with van der Waals surface area (Å²) in [7, 11) is 1.81. The van der Waals surface area contributed by atoms with Crippen LogP contribution in [0.15, 0.2) is 54.6 Å². The molecule has 1 N–H and O–H groups in total. The van der Waals surface area contributed by atoms with Gasteiger partial charge in [0.05, 0.1) is 29.9 Å². The average Bonchev–Trinajstić information content (AvgIpc) is 3.16. The van der Waals surface area contributed by atoms with Crippen molar-refractivity contribution in [1.29, 1.82) is 0 Å². The van der Waals surface area contributed by atoms with Crippen molar-refractivity contribution < 1.29 is 9.59 Å². The third-order valence-corrected chi connectivity index (χ3v) is 5.52. The maximum absolute atomic E-state index is 13.0. The average molecular weight is 390 g/mol. The summed E-state index contributed by atoms with van der Waals surface area (Å²) < 4.78 is 0. The molecule has 0 saturated carbocycles. The van der Waals surface area contributed by atoms with Gasteiger partial charge in [-0.3, -0.25) is 9.59 Å². The second-order valence-electron chi connectivity index (χ2n) is 7.74. The van der Waals surface area contributed by atoms with Crippen molar-refractivity contribution in [2.24, 2.45) is 5.92 Å². The first-order valence-corrected chi connectivity index (χ1v) is 10.1. The van der Waals surface area contributed by atoms with Crippen LogP contribution in [0.25, 0.3) is 11.0 Å². The van der Waals surface area contributed by atoms with Crippen molar-refractivity contribution in [3.8, 4) is 0 Å². The number of rotatable bonds is 5. The summed E-state index contributed by atoms with van der Waals surface area (Å²) in [5.74, 6) is 0.782. The molecule has 6 nitrogen and oxygen atoms in total. The van der Waals surface area contributed by atoms with E-state index in [1.165, 1.54) is 0 Å². The van der Waals surface area contributed by atoms with Crippen LogP contribution in [0.3, 0.4) is 0 Å². The first-order valence-electron chi connectivity index (χ1n) is 10.1. The largest absolute Gasteiger partial charge is 0.342 e. The quantitative estimate of drug-likeness (QED) is 0.728. The third-order valence-electron chi connectivity index (χ3n) is 5.52. The number of H-pyrrole nitrogens is 1. The number of carbonyl (C=O) groups excluding carboxylic acids is 2. The lowest BCUT2D eigenvalue weighted by Crippen LogP contribution is -2.46. The van der Waals surface area contributed by atoms with Crippen molar-refractivity contribution in [1.82, 2.24) is 19.8 Å². The van der Waals surface area contributed by atoms with Gasteiger partial charge in [0.2, 0.25) is 11.8 Å². The highest BCUT2D eigenvalue weighted by Gasteiger charge is 2.30. The lowest BCUT2D eigenvalue weighted by atomic mass is 9.96. The molecule has 1 atom stereocenters. The zero-order chi connectivity index (χ0) is 20.2. The van der Waals surface area contributed by atoms with Gasteiger partial charge in [-0.15, -0.1) is 0 Å². The number of carbonyl (C=O) groups is 2. The van der Waals surface area contributed by atoms with Crippen LogP contribution in [-0.4, -0.2) is 51.7 Å². The van der Waals surface area contributed by atoms with Gasteiger partial charge in [-0.1, -0.05) is 42.5 Å². The highest BCUT2D eigenvalue weighted by molar-refractivity contribution is 5.82. The van der Waals surface area contributed by atoms with E-state index in [-0.39, 0.29) is 17.7 Å². The zero-order valence-electron chi connectivity index (χ0n) is 16.7. The van der Waals surface area contributed by atoms with Gasteiger partial charge in [-0.2, -0.15) is 0 Å². The van der Waals surface area contributed by atoms with Crippen molar-refractivity contribution in [3.05, 3.63) is 66.0 Å². The monoisotopic (exact) mass is 390 g/mol. The summed E-state index contributed by atoms with van der Waals surface area (Å²) in [5, 5.41) is 0. The minimum Gasteiger partial charge on any atom is -0.342 e. The van der Waals surface area contributed by atoms with Gasteiger partial charge in [0.15, 0.2) is 0 Å². The number of nitrogens with zero attached hydrogens (tertiary/aromatic N) is 3. The van der Waals surface area contributed by atoms with E-state index in [0.717, 1.165) is 41.8 Å².